The molecule has 28 heavy (non-hydrogen) atoms. The zero-order valence-corrected chi connectivity index (χ0v) is 16.8. The number of carbonyl (C=O) groups excluding carboxylic acids is 2. The largest absolute Gasteiger partial charge is 0.346 e. The van der Waals surface area contributed by atoms with Crippen LogP contribution in [0.25, 0.3) is 11.3 Å². The Morgan fingerprint density at radius 2 is 2.11 bits per heavy atom. The Kier molecular flexibility index (Phi) is 4.68. The van der Waals surface area contributed by atoms with E-state index in [4.69, 9.17) is 0 Å². The molecule has 0 bridgehead atoms. The maximum Gasteiger partial charge on any atom is 0.277 e. The lowest BCUT2D eigenvalue weighted by Crippen LogP contribution is -2.35. The molecule has 0 aliphatic carbocycles. The second-order valence-corrected chi connectivity index (χ2v) is 8.02. The van der Waals surface area contributed by atoms with Gasteiger partial charge in [0.25, 0.3) is 11.8 Å². The molecule has 1 aliphatic heterocycles. The molecule has 6 nitrogen and oxygen atoms in total. The first kappa shape index (κ1) is 18.3. The van der Waals surface area contributed by atoms with Crippen molar-refractivity contribution in [3.05, 3.63) is 63.7 Å². The highest BCUT2D eigenvalue weighted by Gasteiger charge is 2.23. The maximum absolute atomic E-state index is 13.0. The Balaban J connectivity index is 1.52. The first-order chi connectivity index (χ1) is 13.4. The lowest BCUT2D eigenvalue weighted by atomic mass is 9.98. The number of hydrogen-bond acceptors (Lipinski definition) is 4. The molecule has 0 saturated heterocycles. The van der Waals surface area contributed by atoms with Gasteiger partial charge in [0, 0.05) is 48.9 Å². The summed E-state index contributed by atoms with van der Waals surface area (Å²) in [4.78, 5) is 35.5. The Bertz CT molecular complexity index is 1110. The van der Waals surface area contributed by atoms with Crippen LogP contribution in [-0.4, -0.2) is 45.6 Å². The van der Waals surface area contributed by atoms with Crippen LogP contribution in [0.15, 0.2) is 46.9 Å². The molecule has 0 spiro atoms. The molecule has 1 aliphatic rings. The third kappa shape index (κ3) is 3.41. The van der Waals surface area contributed by atoms with Crippen molar-refractivity contribution in [1.29, 1.82) is 0 Å². The topological polar surface area (TPSA) is 67.6 Å². The quantitative estimate of drug-likeness (QED) is 0.684. The molecule has 2 aromatic heterocycles. The molecular formula is C21H20N4O2S. The number of hydrogen-bond donors (Lipinski definition) is 0. The number of amides is 2. The number of thiazole rings is 1. The molecule has 0 atom stereocenters. The lowest BCUT2D eigenvalue weighted by Gasteiger charge is -2.21. The van der Waals surface area contributed by atoms with Gasteiger partial charge in [0.15, 0.2) is 0 Å². The van der Waals surface area contributed by atoms with E-state index in [0.717, 1.165) is 21.8 Å². The molecule has 0 saturated carbocycles. The number of aromatic nitrogens is 2. The zero-order valence-electron chi connectivity index (χ0n) is 16.0. The molecule has 0 radical (unpaired) electrons. The lowest BCUT2D eigenvalue weighted by molar-refractivity contribution is 0.0803. The molecule has 1 aromatic carbocycles. The van der Waals surface area contributed by atoms with Gasteiger partial charge in [-0.3, -0.25) is 9.59 Å². The van der Waals surface area contributed by atoms with Gasteiger partial charge >= 0.3 is 0 Å². The van der Waals surface area contributed by atoms with Gasteiger partial charge in [-0.2, -0.15) is 0 Å². The number of fused-ring (bicyclic) bond motifs is 1. The third-order valence-corrected chi connectivity index (χ3v) is 5.58. The number of rotatable bonds is 4. The van der Waals surface area contributed by atoms with Crippen molar-refractivity contribution >= 4 is 28.9 Å². The van der Waals surface area contributed by atoms with Crippen molar-refractivity contribution in [3.8, 4) is 11.3 Å². The number of carbonyl (C=O) groups is 2. The monoisotopic (exact) mass is 392 g/mol. The molecule has 4 rings (SSSR count). The van der Waals surface area contributed by atoms with Crippen LogP contribution in [-0.2, 0) is 13.5 Å². The number of benzene rings is 1. The van der Waals surface area contributed by atoms with Crippen molar-refractivity contribution in [2.75, 3.05) is 13.6 Å². The average Bonchev–Trinajstić information content (AvgIpc) is 3.27. The van der Waals surface area contributed by atoms with Crippen LogP contribution >= 0.6 is 11.3 Å². The van der Waals surface area contributed by atoms with Gasteiger partial charge in [-0.1, -0.05) is 18.2 Å². The van der Waals surface area contributed by atoms with E-state index in [2.05, 4.69) is 9.98 Å². The summed E-state index contributed by atoms with van der Waals surface area (Å²) in [6.45, 7) is 2.27. The second kappa shape index (κ2) is 7.16. The Morgan fingerprint density at radius 3 is 2.86 bits per heavy atom. The van der Waals surface area contributed by atoms with E-state index in [1.165, 1.54) is 0 Å². The minimum atomic E-state index is -0.238. The van der Waals surface area contributed by atoms with E-state index in [9.17, 15) is 9.59 Å². The average molecular weight is 392 g/mol. The van der Waals surface area contributed by atoms with E-state index in [-0.39, 0.29) is 11.8 Å². The first-order valence-corrected chi connectivity index (χ1v) is 9.83. The van der Waals surface area contributed by atoms with E-state index in [1.54, 1.807) is 29.4 Å². The van der Waals surface area contributed by atoms with Gasteiger partial charge in [-0.25, -0.2) is 9.98 Å². The fourth-order valence-electron chi connectivity index (χ4n) is 3.39. The van der Waals surface area contributed by atoms with Crippen molar-refractivity contribution in [3.63, 3.8) is 0 Å². The van der Waals surface area contributed by atoms with Crippen LogP contribution in [0.1, 0.15) is 31.4 Å². The molecule has 2 amide bonds. The van der Waals surface area contributed by atoms with Gasteiger partial charge in [-0.15, -0.1) is 11.3 Å². The van der Waals surface area contributed by atoms with Crippen LogP contribution in [0.2, 0.25) is 0 Å². The molecule has 0 unspecified atom stereocenters. The molecule has 142 valence electrons. The van der Waals surface area contributed by atoms with Crippen LogP contribution in [0, 0.1) is 6.92 Å². The number of aliphatic imine (C=N–C) groups is 1. The van der Waals surface area contributed by atoms with Crippen molar-refractivity contribution in [2.24, 2.45) is 12.0 Å². The van der Waals surface area contributed by atoms with Gasteiger partial charge in [0.2, 0.25) is 0 Å². The van der Waals surface area contributed by atoms with Gasteiger partial charge in [0.05, 0.1) is 17.2 Å². The van der Waals surface area contributed by atoms with E-state index in [0.29, 0.717) is 29.9 Å². The minimum absolute atomic E-state index is 0.116. The van der Waals surface area contributed by atoms with Gasteiger partial charge < -0.3 is 9.47 Å². The fraction of sp³-hybridized carbons (Fsp3) is 0.238. The normalized spacial score (nSPS) is 13.2. The van der Waals surface area contributed by atoms with Crippen LogP contribution in [0.3, 0.4) is 0 Å². The summed E-state index contributed by atoms with van der Waals surface area (Å²) in [5, 5.41) is 2.98. The molecule has 3 heterocycles. The van der Waals surface area contributed by atoms with Crippen LogP contribution in [0.4, 0.5) is 0 Å². The molecule has 0 fully saturated rings. The minimum Gasteiger partial charge on any atom is -0.346 e. The highest BCUT2D eigenvalue weighted by atomic mass is 32.1. The summed E-state index contributed by atoms with van der Waals surface area (Å²) in [5.41, 5.74) is 4.67. The summed E-state index contributed by atoms with van der Waals surface area (Å²) < 4.78 is 1.81. The second-order valence-electron chi connectivity index (χ2n) is 6.96. The summed E-state index contributed by atoms with van der Waals surface area (Å²) in [7, 11) is 3.58. The smallest absolute Gasteiger partial charge is 0.277 e. The van der Waals surface area contributed by atoms with Crippen molar-refractivity contribution in [1.82, 2.24) is 14.5 Å². The van der Waals surface area contributed by atoms with Crippen molar-refractivity contribution in [2.45, 2.75) is 13.3 Å². The number of aryl methyl sites for hydroxylation is 2. The highest BCUT2D eigenvalue weighted by molar-refractivity contribution is 7.09. The summed E-state index contributed by atoms with van der Waals surface area (Å²) >= 11 is 1.58. The van der Waals surface area contributed by atoms with E-state index >= 15 is 0 Å². The third-order valence-electron chi connectivity index (χ3n) is 4.81. The highest BCUT2D eigenvalue weighted by Crippen LogP contribution is 2.24. The number of nitrogens with zero attached hydrogens (tertiary/aromatic N) is 4. The van der Waals surface area contributed by atoms with Gasteiger partial charge in [0.1, 0.15) is 5.69 Å². The predicted molar refractivity (Wildman–Crippen MR) is 110 cm³/mol. The molecule has 0 N–H and O–H groups in total. The fourth-order valence-corrected chi connectivity index (χ4v) is 4.01. The summed E-state index contributed by atoms with van der Waals surface area (Å²) in [6, 6.07) is 9.33. The van der Waals surface area contributed by atoms with E-state index in [1.807, 2.05) is 54.4 Å². The molecular weight excluding hydrogens is 372 g/mol. The van der Waals surface area contributed by atoms with Gasteiger partial charge in [-0.05, 0) is 24.6 Å². The van der Waals surface area contributed by atoms with E-state index < -0.39 is 0 Å². The maximum atomic E-state index is 13.0. The first-order valence-electron chi connectivity index (χ1n) is 8.95. The standard InChI is InChI=1S/C21H20N4O2S/c1-13-22-18(12-28-13)15-9-19(24(2)10-15)21(27)25(3)11-16-8-14-6-4-5-7-17(14)20(26)23-16/h4-7,9-10,12H,8,11H2,1-3H3. The Hall–Kier alpha value is -3.06. The van der Waals surface area contributed by atoms with Crippen LogP contribution < -0.4 is 0 Å². The predicted octanol–water partition coefficient (Wildman–Crippen LogP) is 3.37. The molecule has 7 heteroatoms. The summed E-state index contributed by atoms with van der Waals surface area (Å²) in [5.74, 6) is -0.354. The Morgan fingerprint density at radius 1 is 1.32 bits per heavy atom. The Labute approximate surface area is 167 Å². The van der Waals surface area contributed by atoms with Crippen LogP contribution in [0.5, 0.6) is 0 Å². The van der Waals surface area contributed by atoms with Crippen molar-refractivity contribution < 1.29 is 9.59 Å². The molecule has 3 aromatic rings. The zero-order chi connectivity index (χ0) is 19.8. The SMILES string of the molecule is Cc1nc(-c2cc(C(=O)N(C)CC3=NC(=O)c4ccccc4C3)n(C)c2)cs1. The summed E-state index contributed by atoms with van der Waals surface area (Å²) in [6.07, 6.45) is 2.49.